The summed E-state index contributed by atoms with van der Waals surface area (Å²) in [5, 5.41) is 5.57. The van der Waals surface area contributed by atoms with Gasteiger partial charge in [-0.05, 0) is 10.8 Å². The van der Waals surface area contributed by atoms with Crippen LogP contribution in [0.5, 0.6) is 0 Å². The van der Waals surface area contributed by atoms with E-state index in [2.05, 4.69) is 123 Å². The molecular weight excluding hydrogens is 674 g/mol. The van der Waals surface area contributed by atoms with Gasteiger partial charge in [-0.3, -0.25) is 0 Å². The maximum atomic E-state index is 5.75. The minimum Gasteiger partial charge on any atom is -0.165 e. The van der Waals surface area contributed by atoms with Crippen molar-refractivity contribution in [2.75, 3.05) is 0 Å². The predicted octanol–water partition coefficient (Wildman–Crippen LogP) is 11.5. The molecule has 0 aromatic heterocycles. The fourth-order valence-electron chi connectivity index (χ4n) is 4.64. The van der Waals surface area contributed by atoms with Crippen LogP contribution in [-0.2, 0) is 28.5 Å². The first kappa shape index (κ1) is 32.5. The van der Waals surface area contributed by atoms with Crippen molar-refractivity contribution in [3.8, 4) is 0 Å². The second-order valence-corrected chi connectivity index (χ2v) is 35.7. The Morgan fingerprint density at radius 1 is 0.730 bits per heavy atom. The minimum absolute atomic E-state index is 0.236. The number of halogens is 2. The number of hydrogen-bond acceptors (Lipinski definition) is 0. The molecule has 0 heterocycles. The smallest absolute Gasteiger partial charge is 0.0220 e. The molecule has 0 aliphatic carbocycles. The molecule has 0 bridgehead atoms. The second kappa shape index (κ2) is 14.6. The molecule has 37 heavy (non-hydrogen) atoms. The Morgan fingerprint density at radius 3 is 1.51 bits per heavy atom. The van der Waals surface area contributed by atoms with Gasteiger partial charge in [0.15, 0.2) is 0 Å². The fourth-order valence-corrected chi connectivity index (χ4v) is 13.8. The van der Waals surface area contributed by atoms with Gasteiger partial charge in [-0.1, -0.05) is 78.6 Å². The van der Waals surface area contributed by atoms with E-state index in [1.807, 2.05) is 0 Å². The first-order valence-corrected chi connectivity index (χ1v) is 29.0. The van der Waals surface area contributed by atoms with Crippen molar-refractivity contribution in [3.05, 3.63) is 82.9 Å². The van der Waals surface area contributed by atoms with E-state index in [0.29, 0.717) is 0 Å². The fraction of sp³-hybridized carbons (Fsp3) is 0.455. The van der Waals surface area contributed by atoms with Gasteiger partial charge in [0.1, 0.15) is 0 Å². The van der Waals surface area contributed by atoms with Crippen molar-refractivity contribution in [1.29, 1.82) is 0 Å². The summed E-state index contributed by atoms with van der Waals surface area (Å²) in [4.78, 5) is 0. The first-order chi connectivity index (χ1) is 17.2. The van der Waals surface area contributed by atoms with Gasteiger partial charge < -0.3 is 0 Å². The summed E-state index contributed by atoms with van der Waals surface area (Å²) in [5.74, 6) is 0. The summed E-state index contributed by atoms with van der Waals surface area (Å²) < 4.78 is 0. The second-order valence-electron chi connectivity index (χ2n) is 12.1. The third-order valence-electron chi connectivity index (χ3n) is 6.45. The van der Waals surface area contributed by atoms with Crippen LogP contribution < -0.4 is 0 Å². The van der Waals surface area contributed by atoms with Gasteiger partial charge in [0.25, 0.3) is 0 Å². The van der Waals surface area contributed by atoms with Crippen molar-refractivity contribution >= 4 is 44.9 Å². The average molecular weight is 719 g/mol. The van der Waals surface area contributed by atoms with Gasteiger partial charge in [0, 0.05) is 0 Å². The number of fused-ring (bicyclic) bond motifs is 2. The van der Waals surface area contributed by atoms with Crippen LogP contribution in [0, 0.1) is 13.8 Å². The van der Waals surface area contributed by atoms with E-state index in [9.17, 15) is 0 Å². The van der Waals surface area contributed by atoms with Gasteiger partial charge in [0.05, 0.1) is 0 Å². The summed E-state index contributed by atoms with van der Waals surface area (Å²) in [6.45, 7) is 20.1. The third-order valence-corrected chi connectivity index (χ3v) is 19.5. The summed E-state index contributed by atoms with van der Waals surface area (Å²) in [5.41, 5.74) is 6.08. The zero-order valence-electron chi connectivity index (χ0n) is 24.4. The van der Waals surface area contributed by atoms with E-state index >= 15 is 0 Å². The molecule has 0 aliphatic heterocycles. The van der Waals surface area contributed by atoms with Crippen LogP contribution in [0.2, 0.25) is 6.04 Å². The quantitative estimate of drug-likeness (QED) is 0.112. The summed E-state index contributed by atoms with van der Waals surface area (Å²) >= 11 is -1.84. The van der Waals surface area contributed by atoms with Crippen LogP contribution >= 0.6 is 17.2 Å². The average Bonchev–Trinajstić information content (AvgIpc) is 3.36. The first-order valence-electron chi connectivity index (χ1n) is 13.5. The number of rotatable bonds is 4. The Morgan fingerprint density at radius 2 is 1.16 bits per heavy atom. The van der Waals surface area contributed by atoms with E-state index in [1.165, 1.54) is 69.1 Å². The molecule has 0 saturated carbocycles. The normalized spacial score (nSPS) is 11.5. The van der Waals surface area contributed by atoms with Gasteiger partial charge in [-0.2, -0.15) is 12.1 Å². The van der Waals surface area contributed by atoms with Crippen LogP contribution in [0.4, 0.5) is 0 Å². The van der Waals surface area contributed by atoms with E-state index in [4.69, 9.17) is 17.2 Å². The number of hydrogen-bond donors (Lipinski definition) is 0. The van der Waals surface area contributed by atoms with E-state index < -0.39 is 17.7 Å². The van der Waals surface area contributed by atoms with Crippen LogP contribution in [0.1, 0.15) is 90.0 Å². The topological polar surface area (TPSA) is 0 Å². The zero-order chi connectivity index (χ0) is 27.8. The molecule has 0 atom stereocenters. The SMILES string of the molecule is CCCCC[Si]=[Hf]([Cl])[Cl].Cc1cc2c(C(C)(C)C)cccc2[cH-]1.Cc1cc2c(C(C)(C)C)cccc2[cH-]1. The summed E-state index contributed by atoms with van der Waals surface area (Å²) in [6.07, 6.45) is 4.93. The molecule has 201 valence electrons. The van der Waals surface area contributed by atoms with Crippen LogP contribution in [-0.4, -0.2) is 6.22 Å². The Balaban J connectivity index is 0.000000201. The molecule has 0 nitrogen and oxygen atoms in total. The molecule has 0 amide bonds. The minimum atomic E-state index is -1.84. The number of unbranched alkanes of at least 4 members (excludes halogenated alkanes) is 2. The molecule has 0 spiro atoms. The zero-order valence-corrected chi connectivity index (χ0v) is 30.5. The van der Waals surface area contributed by atoms with Crippen molar-refractivity contribution in [2.45, 2.75) is 98.5 Å². The summed E-state index contributed by atoms with van der Waals surface area (Å²) in [6, 6.07) is 23.5. The predicted molar refractivity (Wildman–Crippen MR) is 168 cm³/mol. The molecule has 4 aromatic rings. The molecule has 0 fully saturated rings. The molecule has 0 unspecified atom stereocenters. The Hall–Kier alpha value is -0.673. The standard InChI is InChI=1S/2C14H17.C5H11Si.2ClH.Hf/c2*1-10-8-11-6-5-7-13(12(11)9-10)14(2,3)4;1-2-3-4-5-6;;;/h2*5-9H,1-4H3;2-5H2,1H3;2*1H;/q2*-1;;;;+2/p-2. The maximum Gasteiger partial charge on any atom is -0.0220 e. The van der Waals surface area contributed by atoms with E-state index in [1.54, 1.807) is 0 Å². The van der Waals surface area contributed by atoms with Crippen LogP contribution in [0.15, 0.2) is 60.7 Å². The van der Waals surface area contributed by atoms with Gasteiger partial charge >= 0.3 is 73.3 Å². The molecule has 0 aliphatic rings. The van der Waals surface area contributed by atoms with Gasteiger partial charge in [-0.25, -0.2) is 0 Å². The molecule has 1 radical (unpaired) electrons. The van der Waals surface area contributed by atoms with Gasteiger partial charge in [-0.15, -0.1) is 69.1 Å². The molecule has 0 saturated heterocycles. The Bertz CT molecular complexity index is 1200. The molecule has 4 rings (SSSR count). The van der Waals surface area contributed by atoms with E-state index in [-0.39, 0.29) is 10.8 Å². The Labute approximate surface area is 242 Å². The van der Waals surface area contributed by atoms with Crippen LogP contribution in [0.25, 0.3) is 21.5 Å². The van der Waals surface area contributed by atoms with Crippen molar-refractivity contribution in [2.24, 2.45) is 0 Å². The van der Waals surface area contributed by atoms with Crippen molar-refractivity contribution < 1.29 is 17.7 Å². The largest absolute Gasteiger partial charge is 0.165 e. The molecule has 4 heteroatoms. The number of benzene rings is 2. The van der Waals surface area contributed by atoms with Crippen molar-refractivity contribution in [3.63, 3.8) is 0 Å². The molecular formula is C33H45Cl2HfSi-2. The number of aryl methyl sites for hydroxylation is 2. The van der Waals surface area contributed by atoms with Crippen molar-refractivity contribution in [1.82, 2.24) is 0 Å². The monoisotopic (exact) mass is 719 g/mol. The maximum absolute atomic E-state index is 5.75. The molecule has 0 N–H and O–H groups in total. The van der Waals surface area contributed by atoms with E-state index in [0.717, 1.165) is 6.22 Å². The summed E-state index contributed by atoms with van der Waals surface area (Å²) in [7, 11) is 11.5. The van der Waals surface area contributed by atoms with Crippen LogP contribution in [0.3, 0.4) is 0 Å². The third kappa shape index (κ3) is 10.4. The Kier molecular flexibility index (Phi) is 12.9. The molecule has 4 aromatic carbocycles. The van der Waals surface area contributed by atoms with Gasteiger partial charge in [0.2, 0.25) is 0 Å².